The molecule has 19 heavy (non-hydrogen) atoms. The maximum Gasteiger partial charge on any atom is 0.192 e. The van der Waals surface area contributed by atoms with Gasteiger partial charge in [0.15, 0.2) is 19.2 Å². The second-order valence-electron chi connectivity index (χ2n) is 5.97. The molecule has 0 aromatic carbocycles. The number of aromatic nitrogens is 1. The van der Waals surface area contributed by atoms with Gasteiger partial charge in [-0.2, -0.15) is 0 Å². The maximum absolute atomic E-state index is 6.14. The van der Waals surface area contributed by atoms with Crippen LogP contribution in [0.25, 0.3) is 0 Å². The van der Waals surface area contributed by atoms with Crippen molar-refractivity contribution in [2.24, 2.45) is 0 Å². The van der Waals surface area contributed by atoms with Gasteiger partial charge in [0.25, 0.3) is 0 Å². The van der Waals surface area contributed by atoms with Gasteiger partial charge in [-0.15, -0.1) is 0 Å². The molecule has 0 fully saturated rings. The molecule has 0 atom stereocenters. The zero-order valence-electron chi connectivity index (χ0n) is 12.3. The normalized spacial score (nSPS) is 12.6. The van der Waals surface area contributed by atoms with E-state index in [1.165, 1.54) is 0 Å². The van der Waals surface area contributed by atoms with Crippen LogP contribution in [0.3, 0.4) is 0 Å². The molecule has 3 nitrogen and oxygen atoms in total. The van der Waals surface area contributed by atoms with Gasteiger partial charge in [0, 0.05) is 0 Å². The molecule has 0 saturated heterocycles. The van der Waals surface area contributed by atoms with Crippen LogP contribution < -0.4 is 4.74 Å². The molecule has 0 aliphatic carbocycles. The first-order valence-corrected chi connectivity index (χ1v) is 10.5. The Morgan fingerprint density at radius 3 is 2.37 bits per heavy atom. The number of methoxy groups -OCH3 is 1. The molecule has 0 N–H and O–H groups in total. The van der Waals surface area contributed by atoms with Crippen LogP contribution in [0.1, 0.15) is 26.5 Å². The molecule has 0 spiro atoms. The number of ether oxygens (including phenoxy) is 1. The van der Waals surface area contributed by atoms with E-state index in [2.05, 4.69) is 61.4 Å². The Morgan fingerprint density at radius 1 is 1.37 bits per heavy atom. The molecule has 0 bridgehead atoms. The van der Waals surface area contributed by atoms with Crippen LogP contribution in [0, 0.1) is 3.57 Å². The summed E-state index contributed by atoms with van der Waals surface area (Å²) in [7, 11) is -0.167. The van der Waals surface area contributed by atoms with E-state index in [9.17, 15) is 0 Å². The van der Waals surface area contributed by atoms with Gasteiger partial charge in [0.1, 0.15) is 0 Å². The van der Waals surface area contributed by atoms with Crippen LogP contribution in [0.2, 0.25) is 23.3 Å². The molecule has 0 amide bonds. The zero-order valence-corrected chi connectivity index (χ0v) is 16.2. The van der Waals surface area contributed by atoms with E-state index in [1.807, 2.05) is 6.07 Å². The number of pyridine rings is 1. The Labute approximate surface area is 135 Å². The van der Waals surface area contributed by atoms with Crippen molar-refractivity contribution in [2.75, 3.05) is 7.11 Å². The molecular formula is C13H21ClINO2Si. The lowest BCUT2D eigenvalue weighted by molar-refractivity contribution is 0.271. The van der Waals surface area contributed by atoms with E-state index in [1.54, 1.807) is 7.11 Å². The smallest absolute Gasteiger partial charge is 0.192 e. The quantitative estimate of drug-likeness (QED) is 0.401. The Morgan fingerprint density at radius 2 is 1.95 bits per heavy atom. The molecule has 1 aromatic heterocycles. The zero-order chi connectivity index (χ0) is 14.8. The van der Waals surface area contributed by atoms with Crippen molar-refractivity contribution in [1.82, 2.24) is 4.98 Å². The van der Waals surface area contributed by atoms with Crippen LogP contribution in [-0.4, -0.2) is 20.4 Å². The molecule has 108 valence electrons. The third-order valence-corrected chi connectivity index (χ3v) is 9.07. The monoisotopic (exact) mass is 413 g/mol. The summed E-state index contributed by atoms with van der Waals surface area (Å²) in [6.07, 6.45) is 0. The van der Waals surface area contributed by atoms with Crippen molar-refractivity contribution in [1.29, 1.82) is 0 Å². The lowest BCUT2D eigenvalue weighted by atomic mass is 10.2. The van der Waals surface area contributed by atoms with Gasteiger partial charge in [0.2, 0.25) is 0 Å². The summed E-state index contributed by atoms with van der Waals surface area (Å²) >= 11 is 8.28. The molecule has 1 heterocycles. The number of halogens is 2. The third-order valence-electron chi connectivity index (χ3n) is 3.53. The molecule has 0 radical (unpaired) electrons. The molecule has 0 aliphatic heterocycles. The highest BCUT2D eigenvalue weighted by Crippen LogP contribution is 2.37. The van der Waals surface area contributed by atoms with Crippen molar-refractivity contribution in [3.63, 3.8) is 0 Å². The fourth-order valence-corrected chi connectivity index (χ4v) is 3.47. The summed E-state index contributed by atoms with van der Waals surface area (Å²) < 4.78 is 12.3. The Balaban J connectivity index is 2.85. The third kappa shape index (κ3) is 4.31. The Hall–Kier alpha value is 0.147. The minimum Gasteiger partial charge on any atom is -0.492 e. The van der Waals surface area contributed by atoms with Crippen molar-refractivity contribution < 1.29 is 9.16 Å². The minimum atomic E-state index is -1.76. The average Bonchev–Trinajstić information content (AvgIpc) is 2.24. The summed E-state index contributed by atoms with van der Waals surface area (Å²) in [5.74, 6) is 0.623. The number of rotatable bonds is 4. The lowest BCUT2D eigenvalue weighted by Crippen LogP contribution is -2.40. The summed E-state index contributed by atoms with van der Waals surface area (Å²) in [6, 6.07) is 1.96. The predicted molar refractivity (Wildman–Crippen MR) is 90.5 cm³/mol. The SMILES string of the molecule is COc1c(I)cc(CO[Si](C)(C)C(C)(C)C)nc1Cl. The first kappa shape index (κ1) is 17.2. The van der Waals surface area contributed by atoms with Gasteiger partial charge in [-0.3, -0.25) is 0 Å². The molecule has 6 heteroatoms. The molecule has 1 rings (SSSR count). The first-order chi connectivity index (χ1) is 8.58. The van der Waals surface area contributed by atoms with Crippen molar-refractivity contribution in [3.05, 3.63) is 20.5 Å². The largest absolute Gasteiger partial charge is 0.492 e. The second kappa shape index (κ2) is 6.28. The Bertz CT molecular complexity index is 437. The topological polar surface area (TPSA) is 31.4 Å². The highest BCUT2D eigenvalue weighted by Gasteiger charge is 2.37. The maximum atomic E-state index is 6.14. The number of hydrogen-bond acceptors (Lipinski definition) is 3. The predicted octanol–water partition coefficient (Wildman–Crippen LogP) is 4.87. The fourth-order valence-electron chi connectivity index (χ4n) is 1.25. The van der Waals surface area contributed by atoms with E-state index in [4.69, 9.17) is 20.8 Å². The van der Waals surface area contributed by atoms with E-state index in [-0.39, 0.29) is 5.04 Å². The first-order valence-electron chi connectivity index (χ1n) is 6.11. The number of hydrogen-bond donors (Lipinski definition) is 0. The second-order valence-corrected chi connectivity index (χ2v) is 12.3. The number of nitrogens with zero attached hydrogens (tertiary/aromatic N) is 1. The average molecular weight is 414 g/mol. The van der Waals surface area contributed by atoms with E-state index in [0.717, 1.165) is 9.26 Å². The molecule has 0 unspecified atom stereocenters. The lowest BCUT2D eigenvalue weighted by Gasteiger charge is -2.36. The Kier molecular flexibility index (Phi) is 5.69. The van der Waals surface area contributed by atoms with Crippen molar-refractivity contribution in [3.8, 4) is 5.75 Å². The molecular weight excluding hydrogens is 393 g/mol. The van der Waals surface area contributed by atoms with Crippen LogP contribution in [0.4, 0.5) is 0 Å². The minimum absolute atomic E-state index is 0.191. The summed E-state index contributed by atoms with van der Waals surface area (Å²) in [6.45, 7) is 11.6. The molecule has 1 aromatic rings. The van der Waals surface area contributed by atoms with Gasteiger partial charge in [-0.05, 0) is 46.8 Å². The molecule has 0 saturated carbocycles. The summed E-state index contributed by atoms with van der Waals surface area (Å²) in [4.78, 5) is 4.32. The van der Waals surface area contributed by atoms with Crippen molar-refractivity contribution in [2.45, 2.75) is 45.5 Å². The fraction of sp³-hybridized carbons (Fsp3) is 0.615. The van der Waals surface area contributed by atoms with Crippen LogP contribution in [0.5, 0.6) is 5.75 Å². The van der Waals surface area contributed by atoms with Crippen LogP contribution in [0.15, 0.2) is 6.07 Å². The van der Waals surface area contributed by atoms with Gasteiger partial charge in [-0.1, -0.05) is 32.4 Å². The van der Waals surface area contributed by atoms with Gasteiger partial charge in [-0.25, -0.2) is 4.98 Å². The van der Waals surface area contributed by atoms with Crippen LogP contribution in [-0.2, 0) is 11.0 Å². The van der Waals surface area contributed by atoms with Gasteiger partial charge >= 0.3 is 0 Å². The summed E-state index contributed by atoms with van der Waals surface area (Å²) in [5.41, 5.74) is 0.847. The van der Waals surface area contributed by atoms with Crippen LogP contribution >= 0.6 is 34.2 Å². The van der Waals surface area contributed by atoms with Crippen molar-refractivity contribution >= 4 is 42.5 Å². The van der Waals surface area contributed by atoms with E-state index >= 15 is 0 Å². The van der Waals surface area contributed by atoms with E-state index < -0.39 is 8.32 Å². The highest BCUT2D eigenvalue weighted by atomic mass is 127. The van der Waals surface area contributed by atoms with Gasteiger partial charge in [0.05, 0.1) is 23.0 Å². The van der Waals surface area contributed by atoms with Gasteiger partial charge < -0.3 is 9.16 Å². The van der Waals surface area contributed by atoms with E-state index in [0.29, 0.717) is 17.5 Å². The molecule has 0 aliphatic rings. The summed E-state index contributed by atoms with van der Waals surface area (Å²) in [5, 5.41) is 0.583. The standard InChI is InChI=1S/C13H21ClINO2Si/c1-13(2,3)19(5,6)18-8-9-7-10(15)11(17-4)12(14)16-9/h7H,8H2,1-6H3. The highest BCUT2D eigenvalue weighted by molar-refractivity contribution is 14.1.